The molecule has 0 aliphatic heterocycles. The van der Waals surface area contributed by atoms with Crippen molar-refractivity contribution in [1.29, 1.82) is 5.41 Å². The van der Waals surface area contributed by atoms with E-state index < -0.39 is 0 Å². The van der Waals surface area contributed by atoms with Crippen molar-refractivity contribution in [2.75, 3.05) is 11.9 Å². The smallest absolute Gasteiger partial charge is 0.125 e. The molecular formula is C13H14N4. The van der Waals surface area contributed by atoms with Crippen LogP contribution in [-0.4, -0.2) is 17.9 Å². The third kappa shape index (κ3) is 2.25. The summed E-state index contributed by atoms with van der Waals surface area (Å²) in [4.78, 5) is 6.04. The number of nitrogens with two attached hydrogens (primary N) is 1. The number of rotatable bonds is 3. The molecule has 0 radical (unpaired) electrons. The van der Waals surface area contributed by atoms with E-state index in [1.54, 1.807) is 18.5 Å². The average Bonchev–Trinajstić information content (AvgIpc) is 2.39. The zero-order valence-electron chi connectivity index (χ0n) is 9.59. The summed E-state index contributed by atoms with van der Waals surface area (Å²) >= 11 is 0. The van der Waals surface area contributed by atoms with E-state index in [0.29, 0.717) is 5.56 Å². The van der Waals surface area contributed by atoms with Gasteiger partial charge in [0, 0.05) is 24.5 Å². The average molecular weight is 226 g/mol. The maximum absolute atomic E-state index is 7.56. The highest BCUT2D eigenvalue weighted by Gasteiger charge is 2.10. The zero-order chi connectivity index (χ0) is 12.3. The SMILES string of the molecule is CN(c1ccccc1)c1cnccc1C(=N)N. The number of hydrogen-bond donors (Lipinski definition) is 2. The zero-order valence-corrected chi connectivity index (χ0v) is 9.59. The summed E-state index contributed by atoms with van der Waals surface area (Å²) in [6, 6.07) is 11.6. The van der Waals surface area contributed by atoms with Crippen molar-refractivity contribution in [3.05, 3.63) is 54.4 Å². The third-order valence-electron chi connectivity index (χ3n) is 2.60. The van der Waals surface area contributed by atoms with Crippen molar-refractivity contribution in [2.45, 2.75) is 0 Å². The minimum absolute atomic E-state index is 0.0465. The molecule has 2 aromatic rings. The van der Waals surface area contributed by atoms with E-state index in [4.69, 9.17) is 11.1 Å². The lowest BCUT2D eigenvalue weighted by Crippen LogP contribution is -2.18. The fourth-order valence-corrected chi connectivity index (χ4v) is 1.67. The number of nitrogen functional groups attached to an aromatic ring is 1. The lowest BCUT2D eigenvalue weighted by Gasteiger charge is -2.21. The first-order valence-electron chi connectivity index (χ1n) is 5.27. The molecule has 3 N–H and O–H groups in total. The van der Waals surface area contributed by atoms with Crippen LogP contribution in [0.2, 0.25) is 0 Å². The van der Waals surface area contributed by atoms with E-state index >= 15 is 0 Å². The van der Waals surface area contributed by atoms with Crippen LogP contribution in [0.15, 0.2) is 48.8 Å². The van der Waals surface area contributed by atoms with Gasteiger partial charge in [0.25, 0.3) is 0 Å². The third-order valence-corrected chi connectivity index (χ3v) is 2.60. The number of benzene rings is 1. The van der Waals surface area contributed by atoms with E-state index in [-0.39, 0.29) is 5.84 Å². The highest BCUT2D eigenvalue weighted by molar-refractivity contribution is 6.00. The molecule has 4 heteroatoms. The van der Waals surface area contributed by atoms with Crippen LogP contribution in [-0.2, 0) is 0 Å². The number of pyridine rings is 1. The monoisotopic (exact) mass is 226 g/mol. The van der Waals surface area contributed by atoms with Gasteiger partial charge in [0.05, 0.1) is 11.9 Å². The van der Waals surface area contributed by atoms with E-state index in [1.165, 1.54) is 0 Å². The van der Waals surface area contributed by atoms with E-state index in [1.807, 2.05) is 42.3 Å². The van der Waals surface area contributed by atoms with Crippen LogP contribution in [0.3, 0.4) is 0 Å². The number of hydrogen-bond acceptors (Lipinski definition) is 3. The summed E-state index contributed by atoms with van der Waals surface area (Å²) < 4.78 is 0. The highest BCUT2D eigenvalue weighted by atomic mass is 15.1. The van der Waals surface area contributed by atoms with Crippen LogP contribution in [0.5, 0.6) is 0 Å². The van der Waals surface area contributed by atoms with Gasteiger partial charge in [-0.15, -0.1) is 0 Å². The van der Waals surface area contributed by atoms with Gasteiger partial charge in [0.15, 0.2) is 0 Å². The summed E-state index contributed by atoms with van der Waals surface area (Å²) in [7, 11) is 1.93. The summed E-state index contributed by atoms with van der Waals surface area (Å²) in [5.41, 5.74) is 8.10. The van der Waals surface area contributed by atoms with Crippen LogP contribution in [0, 0.1) is 5.41 Å². The summed E-state index contributed by atoms with van der Waals surface area (Å²) in [5, 5.41) is 7.56. The molecule has 0 aliphatic carbocycles. The van der Waals surface area contributed by atoms with Gasteiger partial charge >= 0.3 is 0 Å². The fourth-order valence-electron chi connectivity index (χ4n) is 1.67. The molecule has 0 saturated carbocycles. The molecule has 0 atom stereocenters. The van der Waals surface area contributed by atoms with Crippen molar-refractivity contribution in [3.8, 4) is 0 Å². The Bertz CT molecular complexity index is 522. The van der Waals surface area contributed by atoms with E-state index in [2.05, 4.69) is 4.98 Å². The molecule has 4 nitrogen and oxygen atoms in total. The number of amidine groups is 1. The molecule has 0 saturated heterocycles. The molecule has 0 fully saturated rings. The minimum Gasteiger partial charge on any atom is -0.384 e. The maximum Gasteiger partial charge on any atom is 0.125 e. The van der Waals surface area contributed by atoms with Gasteiger partial charge in [0.2, 0.25) is 0 Å². The van der Waals surface area contributed by atoms with Crippen LogP contribution in [0.4, 0.5) is 11.4 Å². The number of para-hydroxylation sites is 1. The highest BCUT2D eigenvalue weighted by Crippen LogP contribution is 2.25. The molecular weight excluding hydrogens is 212 g/mol. The molecule has 0 amide bonds. The van der Waals surface area contributed by atoms with E-state index in [0.717, 1.165) is 11.4 Å². The summed E-state index contributed by atoms with van der Waals surface area (Å²) in [6.45, 7) is 0. The number of nitrogens with one attached hydrogen (secondary N) is 1. The van der Waals surface area contributed by atoms with Gasteiger partial charge in [-0.3, -0.25) is 10.4 Å². The molecule has 0 spiro atoms. The van der Waals surface area contributed by atoms with Gasteiger partial charge in [-0.1, -0.05) is 18.2 Å². The van der Waals surface area contributed by atoms with E-state index in [9.17, 15) is 0 Å². The second-order valence-electron chi connectivity index (χ2n) is 3.70. The van der Waals surface area contributed by atoms with Crippen molar-refractivity contribution in [1.82, 2.24) is 4.98 Å². The Balaban J connectivity index is 2.44. The van der Waals surface area contributed by atoms with Crippen LogP contribution < -0.4 is 10.6 Å². The van der Waals surface area contributed by atoms with Crippen LogP contribution >= 0.6 is 0 Å². The predicted octanol–water partition coefficient (Wildman–Crippen LogP) is 2.13. The first kappa shape index (κ1) is 11.1. The normalized spacial score (nSPS) is 9.94. The molecule has 17 heavy (non-hydrogen) atoms. The summed E-state index contributed by atoms with van der Waals surface area (Å²) in [6.07, 6.45) is 3.35. The second kappa shape index (κ2) is 4.65. The second-order valence-corrected chi connectivity index (χ2v) is 3.70. The Morgan fingerprint density at radius 2 is 1.94 bits per heavy atom. The molecule has 86 valence electrons. The standard InChI is InChI=1S/C13H14N4/c1-17(10-5-3-2-4-6-10)12-9-16-8-7-11(12)13(14)15/h2-9H,1H3,(H3,14,15). The summed E-state index contributed by atoms with van der Waals surface area (Å²) in [5.74, 6) is 0.0465. The number of aromatic nitrogens is 1. The first-order valence-corrected chi connectivity index (χ1v) is 5.27. The topological polar surface area (TPSA) is 66.0 Å². The minimum atomic E-state index is 0.0465. The van der Waals surface area contributed by atoms with Crippen molar-refractivity contribution < 1.29 is 0 Å². The quantitative estimate of drug-likeness (QED) is 0.622. The predicted molar refractivity (Wildman–Crippen MR) is 69.8 cm³/mol. The Kier molecular flexibility index (Phi) is 3.05. The Hall–Kier alpha value is -2.36. The molecule has 0 unspecified atom stereocenters. The Morgan fingerprint density at radius 3 is 2.59 bits per heavy atom. The molecule has 2 rings (SSSR count). The number of nitrogens with zero attached hydrogens (tertiary/aromatic N) is 2. The molecule has 1 aromatic heterocycles. The van der Waals surface area contributed by atoms with Gasteiger partial charge in [-0.25, -0.2) is 0 Å². The maximum atomic E-state index is 7.56. The van der Waals surface area contributed by atoms with Gasteiger partial charge in [0.1, 0.15) is 5.84 Å². The Labute approximate surface area is 100 Å². The lowest BCUT2D eigenvalue weighted by atomic mass is 10.2. The largest absolute Gasteiger partial charge is 0.384 e. The molecule has 1 aromatic carbocycles. The first-order chi connectivity index (χ1) is 8.20. The molecule has 1 heterocycles. The fraction of sp³-hybridized carbons (Fsp3) is 0.0769. The van der Waals surface area contributed by atoms with Crippen LogP contribution in [0.25, 0.3) is 0 Å². The molecule has 0 aliphatic rings. The Morgan fingerprint density at radius 1 is 1.24 bits per heavy atom. The lowest BCUT2D eigenvalue weighted by molar-refractivity contribution is 1.16. The molecule has 0 bridgehead atoms. The van der Waals surface area contributed by atoms with Crippen molar-refractivity contribution in [2.24, 2.45) is 5.73 Å². The van der Waals surface area contributed by atoms with Crippen molar-refractivity contribution >= 4 is 17.2 Å². The van der Waals surface area contributed by atoms with Gasteiger partial charge in [-0.05, 0) is 18.2 Å². The van der Waals surface area contributed by atoms with Crippen molar-refractivity contribution in [3.63, 3.8) is 0 Å². The van der Waals surface area contributed by atoms with Gasteiger partial charge in [-0.2, -0.15) is 0 Å². The van der Waals surface area contributed by atoms with Crippen LogP contribution in [0.1, 0.15) is 5.56 Å². The number of anilines is 2. The van der Waals surface area contributed by atoms with Gasteiger partial charge < -0.3 is 10.6 Å².